The summed E-state index contributed by atoms with van der Waals surface area (Å²) < 4.78 is 32.3. The van der Waals surface area contributed by atoms with Crippen molar-refractivity contribution in [1.29, 1.82) is 0 Å². The summed E-state index contributed by atoms with van der Waals surface area (Å²) in [6, 6.07) is -1.29. The van der Waals surface area contributed by atoms with Crippen LogP contribution in [0, 0.1) is 0 Å². The summed E-state index contributed by atoms with van der Waals surface area (Å²) in [5.74, 6) is -4.73. The van der Waals surface area contributed by atoms with Crippen molar-refractivity contribution in [3.63, 3.8) is 0 Å². The van der Waals surface area contributed by atoms with Crippen LogP contribution in [-0.4, -0.2) is 290 Å². The van der Waals surface area contributed by atoms with Crippen molar-refractivity contribution < 1.29 is 128 Å². The van der Waals surface area contributed by atoms with E-state index >= 15 is 0 Å². The van der Waals surface area contributed by atoms with Gasteiger partial charge in [0.15, 0.2) is 18.9 Å². The van der Waals surface area contributed by atoms with Gasteiger partial charge in [0.25, 0.3) is 11.8 Å². The van der Waals surface area contributed by atoms with Crippen LogP contribution in [0.3, 0.4) is 0 Å². The zero-order valence-corrected chi connectivity index (χ0v) is 41.6. The second kappa shape index (κ2) is 32.6. The fourth-order valence-electron chi connectivity index (χ4n) is 8.19. The average Bonchev–Trinajstić information content (AvgIpc) is 3.71. The number of nitrogens with one attached hydrogen (secondary N) is 4. The number of carbonyl (C=O) groups excluding carboxylic acids is 7. The van der Waals surface area contributed by atoms with Gasteiger partial charge in [-0.05, 0) is 32.1 Å². The van der Waals surface area contributed by atoms with Crippen LogP contribution in [0.15, 0.2) is 0 Å². The first-order valence-electron chi connectivity index (χ1n) is 24.9. The first kappa shape index (κ1) is 64.3. The van der Waals surface area contributed by atoms with Crippen molar-refractivity contribution in [2.45, 2.75) is 156 Å². The van der Waals surface area contributed by atoms with E-state index in [9.17, 15) is 94.8 Å². The number of rotatable bonds is 32. The highest BCUT2D eigenvalue weighted by molar-refractivity contribution is 6.01. The fourth-order valence-corrected chi connectivity index (χ4v) is 8.19. The number of aliphatic hydroxyl groups is 12. The molecule has 0 radical (unpaired) electrons. The van der Waals surface area contributed by atoms with Crippen molar-refractivity contribution in [3.8, 4) is 0 Å². The molecule has 6 amide bonds. The molecule has 0 aromatic heterocycles. The summed E-state index contributed by atoms with van der Waals surface area (Å²) >= 11 is 0. The fraction of sp³-hybridized carbons (Fsp3) is 0.841. The van der Waals surface area contributed by atoms with Gasteiger partial charge in [0, 0.05) is 51.9 Å². The molecule has 76 heavy (non-hydrogen) atoms. The van der Waals surface area contributed by atoms with Gasteiger partial charge in [0.1, 0.15) is 73.2 Å². The zero-order valence-electron chi connectivity index (χ0n) is 41.6. The Balaban J connectivity index is 1.40. The quantitative estimate of drug-likeness (QED) is 0.0220. The molecule has 4 rings (SSSR count). The van der Waals surface area contributed by atoms with E-state index in [4.69, 9.17) is 33.3 Å². The number of aliphatic hydroxyl groups excluding tert-OH is 12. The van der Waals surface area contributed by atoms with Crippen molar-refractivity contribution in [1.82, 2.24) is 31.2 Å². The SMILES string of the molecule is O=C(CCCCC(=O)ON1C(=O)CCC1=O)NCCCC[C@H](C(=O)NCCO[C@H]1O[C@H](CO)[C@@H](O)[C@H](O)[C@@H]1O)N(CC(=O)NCCO[C@H]1O[C@H](CO)[C@@H](O)[C@H](O)[C@@H]1O)CC(=O)NCCO[C@H]1O[C@H](CO)[C@@H](O)[C@H](O)[C@@H]1O. The molecule has 32 nitrogen and oxygen atoms in total. The van der Waals surface area contributed by atoms with Crippen molar-refractivity contribution in [2.75, 3.05) is 78.9 Å². The summed E-state index contributed by atoms with van der Waals surface area (Å²) in [4.78, 5) is 95.2. The number of hydrogen-bond donors (Lipinski definition) is 16. The van der Waals surface area contributed by atoms with Crippen molar-refractivity contribution >= 4 is 41.4 Å². The molecule has 0 aromatic carbocycles. The third-order valence-electron chi connectivity index (χ3n) is 12.5. The molecule has 0 aliphatic carbocycles. The molecule has 16 N–H and O–H groups in total. The Hall–Kier alpha value is -4.27. The summed E-state index contributed by atoms with van der Waals surface area (Å²) in [5.41, 5.74) is 0. The Morgan fingerprint density at radius 2 is 0.908 bits per heavy atom. The molecule has 0 unspecified atom stereocenters. The molecule has 4 heterocycles. The van der Waals surface area contributed by atoms with Gasteiger partial charge in [0.2, 0.25) is 23.6 Å². The predicted molar refractivity (Wildman–Crippen MR) is 246 cm³/mol. The lowest BCUT2D eigenvalue weighted by molar-refractivity contribution is -0.300. The monoisotopic (exact) mass is 1100 g/mol. The van der Waals surface area contributed by atoms with Gasteiger partial charge in [0.05, 0.1) is 58.8 Å². The van der Waals surface area contributed by atoms with E-state index in [2.05, 4.69) is 21.3 Å². The van der Waals surface area contributed by atoms with E-state index in [0.717, 1.165) is 0 Å². The van der Waals surface area contributed by atoms with E-state index in [0.29, 0.717) is 5.06 Å². The maximum Gasteiger partial charge on any atom is 0.333 e. The Labute approximate surface area is 435 Å². The highest BCUT2D eigenvalue weighted by Crippen LogP contribution is 2.24. The molecular formula is C44H74N6O26. The number of hydrogen-bond acceptors (Lipinski definition) is 27. The summed E-state index contributed by atoms with van der Waals surface area (Å²) in [7, 11) is 0. The van der Waals surface area contributed by atoms with Crippen LogP contribution < -0.4 is 21.3 Å². The summed E-state index contributed by atoms with van der Waals surface area (Å²) in [6.07, 6.45) is -23.2. The van der Waals surface area contributed by atoms with E-state index in [1.54, 1.807) is 0 Å². The number of ether oxygens (including phenoxy) is 6. The van der Waals surface area contributed by atoms with Gasteiger partial charge in [-0.15, -0.1) is 5.06 Å². The van der Waals surface area contributed by atoms with Gasteiger partial charge in [-0.25, -0.2) is 4.79 Å². The largest absolute Gasteiger partial charge is 0.394 e. The Bertz CT molecular complexity index is 1780. The van der Waals surface area contributed by atoms with Crippen LogP contribution in [0.25, 0.3) is 0 Å². The zero-order chi connectivity index (χ0) is 56.1. The van der Waals surface area contributed by atoms with Crippen LogP contribution >= 0.6 is 0 Å². The minimum Gasteiger partial charge on any atom is -0.394 e. The van der Waals surface area contributed by atoms with Crippen molar-refractivity contribution in [3.05, 3.63) is 0 Å². The number of nitrogens with zero attached hydrogens (tertiary/aromatic N) is 2. The highest BCUT2D eigenvalue weighted by Gasteiger charge is 2.46. The van der Waals surface area contributed by atoms with Crippen molar-refractivity contribution in [2.24, 2.45) is 0 Å². The Morgan fingerprint density at radius 1 is 0.513 bits per heavy atom. The van der Waals surface area contributed by atoms with E-state index < -0.39 is 167 Å². The Kier molecular flexibility index (Phi) is 27.6. The average molecular weight is 1100 g/mol. The van der Waals surface area contributed by atoms with Gasteiger partial charge >= 0.3 is 5.97 Å². The van der Waals surface area contributed by atoms with E-state index in [-0.39, 0.29) is 110 Å². The number of imide groups is 1. The molecule has 0 spiro atoms. The molecule has 0 saturated carbocycles. The molecule has 436 valence electrons. The maximum absolute atomic E-state index is 14.1. The lowest BCUT2D eigenvalue weighted by Crippen LogP contribution is -2.59. The molecular weight excluding hydrogens is 1030 g/mol. The molecule has 4 saturated heterocycles. The van der Waals surface area contributed by atoms with E-state index in [1.165, 1.54) is 4.90 Å². The molecule has 32 heteroatoms. The standard InChI is InChI=1S/C44H74N6O26/c51-19-23-32(60)35(63)38(66)42(73-23)70-14-11-46-27(55)17-49(18-28(56)47-12-15-71-43-39(67)36(64)33(61)24(20-52)74-43)22(41(69)48-13-16-72-44-40(68)37(65)34(62)25(21-53)75-44)5-3-4-10-45-26(54)6-1-2-7-31(59)76-50-29(57)8-9-30(50)58/h22-25,32-40,42-44,51-53,60-68H,1-21H2,(H,45,54)(H,46,55)(H,47,56)(H,48,69)/t22-,23-,24-,25-,32-,33-,34-,35+,36+,37+,38+,39+,40+,42+,43+,44+/m1/s1. The van der Waals surface area contributed by atoms with Gasteiger partial charge in [-0.2, -0.15) is 0 Å². The van der Waals surface area contributed by atoms with Gasteiger partial charge in [-0.3, -0.25) is 33.7 Å². The number of hydroxylamine groups is 2. The molecule has 4 aliphatic heterocycles. The first-order valence-corrected chi connectivity index (χ1v) is 24.9. The third kappa shape index (κ3) is 19.3. The smallest absolute Gasteiger partial charge is 0.333 e. The minimum atomic E-state index is -1.75. The van der Waals surface area contributed by atoms with Crippen LogP contribution in [0.2, 0.25) is 0 Å². The molecule has 16 atom stereocenters. The normalized spacial score (nSPS) is 31.2. The number of carbonyl (C=O) groups is 7. The molecule has 0 aromatic rings. The summed E-state index contributed by atoms with van der Waals surface area (Å²) in [5, 5.41) is 131. The van der Waals surface area contributed by atoms with Crippen LogP contribution in [0.1, 0.15) is 57.8 Å². The topological polar surface area (TPSA) is 481 Å². The predicted octanol–water partition coefficient (Wildman–Crippen LogP) is -10.1. The van der Waals surface area contributed by atoms with Crippen LogP contribution in [0.5, 0.6) is 0 Å². The molecule has 4 fully saturated rings. The maximum atomic E-state index is 14.1. The lowest BCUT2D eigenvalue weighted by Gasteiger charge is -2.39. The van der Waals surface area contributed by atoms with E-state index in [1.807, 2.05) is 0 Å². The first-order chi connectivity index (χ1) is 36.2. The second-order valence-electron chi connectivity index (χ2n) is 18.2. The number of amides is 6. The lowest BCUT2D eigenvalue weighted by atomic mass is 9.99. The minimum absolute atomic E-state index is 0.00417. The van der Waals surface area contributed by atoms with Crippen LogP contribution in [-0.2, 0) is 66.8 Å². The molecule has 0 bridgehead atoms. The summed E-state index contributed by atoms with van der Waals surface area (Å²) in [6.45, 7) is -5.21. The number of unbranched alkanes of at least 4 members (excludes halogenated alkanes) is 2. The highest BCUT2D eigenvalue weighted by atomic mass is 16.7. The van der Waals surface area contributed by atoms with Gasteiger partial charge < -0.3 is 116 Å². The van der Waals surface area contributed by atoms with Gasteiger partial charge in [-0.1, -0.05) is 0 Å². The Morgan fingerprint density at radius 3 is 1.33 bits per heavy atom. The third-order valence-corrected chi connectivity index (χ3v) is 12.5. The van der Waals surface area contributed by atoms with Crippen LogP contribution in [0.4, 0.5) is 0 Å². The second-order valence-corrected chi connectivity index (χ2v) is 18.2. The molecule has 4 aliphatic rings.